The lowest BCUT2D eigenvalue weighted by atomic mass is 9.96. The van der Waals surface area contributed by atoms with Gasteiger partial charge in [0.15, 0.2) is 5.82 Å². The molecular weight excluding hydrogens is 476 g/mol. The zero-order chi connectivity index (χ0) is 26.3. The number of rotatable bonds is 8. The monoisotopic (exact) mass is 514 g/mol. The minimum atomic E-state index is 0.200. The Labute approximate surface area is 225 Å². The molecule has 0 amide bonds. The average molecular weight is 515 g/mol. The standard InChI is InChI=1S/C30H38N6S/c1-7-24-27(37-29(33-24)21-10-11-21)17-34(5)16-20-8-9-22(15-31)23(14-20)25-12-13-26-28(32-25)35(6)19-36(26)18-30(2,3)4/h8-9,12-14,21H,7,10-11,16-19H2,1-6H3. The van der Waals surface area contributed by atoms with Crippen molar-refractivity contribution in [1.82, 2.24) is 14.9 Å². The Bertz CT molecular complexity index is 1330. The fourth-order valence-corrected chi connectivity index (χ4v) is 6.55. The number of aryl methyl sites for hydroxylation is 1. The van der Waals surface area contributed by atoms with Crippen molar-refractivity contribution in [2.45, 2.75) is 66.0 Å². The minimum Gasteiger partial charge on any atom is -0.350 e. The second-order valence-corrected chi connectivity index (χ2v) is 13.0. The van der Waals surface area contributed by atoms with Crippen molar-refractivity contribution in [2.24, 2.45) is 5.41 Å². The summed E-state index contributed by atoms with van der Waals surface area (Å²) in [6, 6.07) is 12.8. The molecule has 6 nitrogen and oxygen atoms in total. The van der Waals surface area contributed by atoms with Crippen LogP contribution in [0.25, 0.3) is 11.3 Å². The average Bonchev–Trinajstić information content (AvgIpc) is 3.56. The fraction of sp³-hybridized carbons (Fsp3) is 0.500. The highest BCUT2D eigenvalue weighted by Crippen LogP contribution is 2.43. The van der Waals surface area contributed by atoms with Crippen LogP contribution in [-0.2, 0) is 19.5 Å². The highest BCUT2D eigenvalue weighted by molar-refractivity contribution is 7.11. The minimum absolute atomic E-state index is 0.200. The summed E-state index contributed by atoms with van der Waals surface area (Å²) >= 11 is 1.90. The highest BCUT2D eigenvalue weighted by Gasteiger charge is 2.29. The van der Waals surface area contributed by atoms with Crippen molar-refractivity contribution in [3.05, 3.63) is 57.0 Å². The molecule has 1 saturated carbocycles. The van der Waals surface area contributed by atoms with Gasteiger partial charge in [-0.05, 0) is 61.6 Å². The number of aromatic nitrogens is 2. The first-order valence-corrected chi connectivity index (χ1v) is 14.1. The number of hydrogen-bond donors (Lipinski definition) is 0. The Morgan fingerprint density at radius 1 is 1.14 bits per heavy atom. The van der Waals surface area contributed by atoms with E-state index in [1.807, 2.05) is 17.4 Å². The SMILES string of the molecule is CCc1nc(C2CC2)sc1CN(C)Cc1ccc(C#N)c(-c2ccc3c(n2)N(C)CN3CC(C)(C)C)c1. The summed E-state index contributed by atoms with van der Waals surface area (Å²) in [5.41, 5.74) is 6.23. The molecule has 1 fully saturated rings. The Morgan fingerprint density at radius 3 is 2.59 bits per heavy atom. The number of fused-ring (bicyclic) bond motifs is 1. The van der Waals surface area contributed by atoms with Gasteiger partial charge in [-0.25, -0.2) is 9.97 Å². The molecule has 1 aromatic carbocycles. The third-order valence-electron chi connectivity index (χ3n) is 7.01. The van der Waals surface area contributed by atoms with Crippen LogP contribution in [0, 0.1) is 16.7 Å². The van der Waals surface area contributed by atoms with Gasteiger partial charge in [-0.3, -0.25) is 4.90 Å². The van der Waals surface area contributed by atoms with E-state index >= 15 is 0 Å². The van der Waals surface area contributed by atoms with E-state index in [2.05, 4.69) is 86.8 Å². The number of hydrogen-bond acceptors (Lipinski definition) is 7. The molecule has 0 unspecified atom stereocenters. The van der Waals surface area contributed by atoms with Gasteiger partial charge in [0.2, 0.25) is 0 Å². The number of nitriles is 1. The number of pyridine rings is 1. The van der Waals surface area contributed by atoms with Gasteiger partial charge in [0.25, 0.3) is 0 Å². The molecule has 3 aromatic rings. The Kier molecular flexibility index (Phi) is 6.99. The van der Waals surface area contributed by atoms with Gasteiger partial charge in [0.1, 0.15) is 0 Å². The molecular formula is C30H38N6S. The van der Waals surface area contributed by atoms with Crippen LogP contribution < -0.4 is 9.80 Å². The maximum absolute atomic E-state index is 9.86. The second kappa shape index (κ2) is 10.1. The molecule has 0 radical (unpaired) electrons. The van der Waals surface area contributed by atoms with E-state index in [1.165, 1.54) is 34.0 Å². The number of benzene rings is 1. The maximum Gasteiger partial charge on any atom is 0.154 e. The second-order valence-electron chi connectivity index (χ2n) is 11.9. The van der Waals surface area contributed by atoms with Crippen molar-refractivity contribution < 1.29 is 0 Å². The first kappa shape index (κ1) is 25.7. The van der Waals surface area contributed by atoms with Crippen molar-refractivity contribution in [3.8, 4) is 17.3 Å². The molecule has 5 rings (SSSR count). The van der Waals surface area contributed by atoms with Gasteiger partial charge in [-0.2, -0.15) is 5.26 Å². The van der Waals surface area contributed by atoms with Gasteiger partial charge < -0.3 is 9.80 Å². The zero-order valence-electron chi connectivity index (χ0n) is 23.0. The predicted octanol–water partition coefficient (Wildman–Crippen LogP) is 6.41. The Balaban J connectivity index is 1.37. The summed E-state index contributed by atoms with van der Waals surface area (Å²) in [7, 11) is 4.26. The largest absolute Gasteiger partial charge is 0.350 e. The van der Waals surface area contributed by atoms with Gasteiger partial charge in [0.05, 0.1) is 40.4 Å². The van der Waals surface area contributed by atoms with Gasteiger partial charge in [-0.1, -0.05) is 33.8 Å². The molecule has 2 aromatic heterocycles. The van der Waals surface area contributed by atoms with E-state index in [9.17, 15) is 5.26 Å². The van der Waals surface area contributed by atoms with Crippen molar-refractivity contribution in [1.29, 1.82) is 5.26 Å². The van der Waals surface area contributed by atoms with Crippen molar-refractivity contribution in [2.75, 3.05) is 37.1 Å². The maximum atomic E-state index is 9.86. The number of nitrogens with zero attached hydrogens (tertiary/aromatic N) is 6. The van der Waals surface area contributed by atoms with E-state index in [0.29, 0.717) is 11.5 Å². The lowest BCUT2D eigenvalue weighted by Crippen LogP contribution is -2.35. The molecule has 3 heterocycles. The molecule has 0 atom stereocenters. The summed E-state index contributed by atoms with van der Waals surface area (Å²) < 4.78 is 0. The van der Waals surface area contributed by atoms with Gasteiger partial charge >= 0.3 is 0 Å². The van der Waals surface area contributed by atoms with E-state index in [-0.39, 0.29) is 5.41 Å². The Morgan fingerprint density at radius 2 is 1.92 bits per heavy atom. The van der Waals surface area contributed by atoms with Crippen LogP contribution in [0.2, 0.25) is 0 Å². The van der Waals surface area contributed by atoms with E-state index < -0.39 is 0 Å². The summed E-state index contributed by atoms with van der Waals surface area (Å²) in [5.74, 6) is 1.69. The molecule has 2 aliphatic rings. The first-order chi connectivity index (χ1) is 17.6. The summed E-state index contributed by atoms with van der Waals surface area (Å²) in [5, 5.41) is 11.2. The highest BCUT2D eigenvalue weighted by atomic mass is 32.1. The van der Waals surface area contributed by atoms with Crippen LogP contribution in [0.15, 0.2) is 30.3 Å². The predicted molar refractivity (Wildman–Crippen MR) is 153 cm³/mol. The molecule has 37 heavy (non-hydrogen) atoms. The molecule has 0 bridgehead atoms. The lowest BCUT2D eigenvalue weighted by Gasteiger charge is -2.28. The summed E-state index contributed by atoms with van der Waals surface area (Å²) in [4.78, 5) is 18.3. The molecule has 0 saturated heterocycles. The van der Waals surface area contributed by atoms with Crippen molar-refractivity contribution in [3.63, 3.8) is 0 Å². The van der Waals surface area contributed by atoms with Crippen molar-refractivity contribution >= 4 is 22.8 Å². The van der Waals surface area contributed by atoms with Crippen LogP contribution >= 0.6 is 11.3 Å². The summed E-state index contributed by atoms with van der Waals surface area (Å²) in [6.07, 6.45) is 3.57. The molecule has 194 valence electrons. The Hall–Kier alpha value is -2.95. The quantitative estimate of drug-likeness (QED) is 0.346. The van der Waals surface area contributed by atoms with Crippen LogP contribution in [0.3, 0.4) is 0 Å². The molecule has 0 N–H and O–H groups in total. The summed E-state index contributed by atoms with van der Waals surface area (Å²) in [6.45, 7) is 12.5. The normalized spacial score (nSPS) is 15.4. The zero-order valence-corrected chi connectivity index (χ0v) is 23.8. The number of anilines is 2. The van der Waals surface area contributed by atoms with Gasteiger partial charge in [-0.15, -0.1) is 11.3 Å². The fourth-order valence-electron chi connectivity index (χ4n) is 5.15. The first-order valence-electron chi connectivity index (χ1n) is 13.3. The van der Waals surface area contributed by atoms with Crippen LogP contribution in [-0.4, -0.2) is 42.2 Å². The van der Waals surface area contributed by atoms with Crippen LogP contribution in [0.4, 0.5) is 11.5 Å². The topological polar surface area (TPSA) is 59.3 Å². The third kappa shape index (κ3) is 5.66. The molecule has 1 aliphatic heterocycles. The van der Waals surface area contributed by atoms with E-state index in [1.54, 1.807) is 0 Å². The van der Waals surface area contributed by atoms with E-state index in [4.69, 9.17) is 9.97 Å². The van der Waals surface area contributed by atoms with E-state index in [0.717, 1.165) is 55.5 Å². The third-order valence-corrected chi connectivity index (χ3v) is 8.25. The smallest absolute Gasteiger partial charge is 0.154 e. The molecule has 7 heteroatoms. The lowest BCUT2D eigenvalue weighted by molar-refractivity contribution is 0.321. The molecule has 1 aliphatic carbocycles. The molecule has 0 spiro atoms. The van der Waals surface area contributed by atoms with Crippen LogP contribution in [0.1, 0.15) is 73.2 Å². The number of thiazole rings is 1. The van der Waals surface area contributed by atoms with Crippen LogP contribution in [0.5, 0.6) is 0 Å². The van der Waals surface area contributed by atoms with Gasteiger partial charge in [0, 0.05) is 43.0 Å².